The van der Waals surface area contributed by atoms with Gasteiger partial charge in [0.15, 0.2) is 0 Å². The lowest BCUT2D eigenvalue weighted by molar-refractivity contribution is -0.160. The molecule has 0 fully saturated rings. The highest BCUT2D eigenvalue weighted by Gasteiger charge is 2.42. The third-order valence-electron chi connectivity index (χ3n) is 2.28. The zero-order valence-electron chi connectivity index (χ0n) is 8.17. The second-order valence-corrected chi connectivity index (χ2v) is 3.56. The molecule has 5 heteroatoms. The molecule has 1 unspecified atom stereocenters. The zero-order valence-corrected chi connectivity index (χ0v) is 8.17. The number of rotatable bonds is 2. The minimum absolute atomic E-state index is 0.235. The van der Waals surface area contributed by atoms with Gasteiger partial charge >= 0.3 is 5.97 Å². The van der Waals surface area contributed by atoms with Gasteiger partial charge in [-0.05, 0) is 19.1 Å². The number of aliphatic carboxylic acids is 1. The maximum absolute atomic E-state index is 10.9. The first-order valence-corrected chi connectivity index (χ1v) is 4.52. The van der Waals surface area contributed by atoms with E-state index in [1.54, 1.807) is 18.3 Å². The lowest BCUT2D eigenvalue weighted by Gasteiger charge is -2.14. The molecule has 1 atom stereocenters. The van der Waals surface area contributed by atoms with Gasteiger partial charge in [-0.3, -0.25) is 4.98 Å². The Morgan fingerprint density at radius 1 is 1.60 bits per heavy atom. The number of carboxylic acid groups (broad SMARTS) is 1. The van der Waals surface area contributed by atoms with Crippen LogP contribution in [0.4, 0.5) is 0 Å². The molecule has 0 saturated heterocycles. The molecule has 0 radical (unpaired) electrons. The van der Waals surface area contributed by atoms with Crippen LogP contribution >= 0.6 is 0 Å². The van der Waals surface area contributed by atoms with Crippen molar-refractivity contribution in [3.63, 3.8) is 0 Å². The first kappa shape index (κ1) is 9.64. The third-order valence-corrected chi connectivity index (χ3v) is 2.28. The number of carbonyl (C=O) groups is 1. The maximum Gasteiger partial charge on any atom is 0.351 e. The standard InChI is InChI=1S/C10H10N2O3/c1-10(9(13)14)6-8(12-15-10)7-4-2-3-5-11-7/h2-5H,6H2,1H3,(H,13,14). The van der Waals surface area contributed by atoms with Gasteiger partial charge in [-0.2, -0.15) is 0 Å². The highest BCUT2D eigenvalue weighted by Crippen LogP contribution is 2.25. The second-order valence-electron chi connectivity index (χ2n) is 3.56. The van der Waals surface area contributed by atoms with Gasteiger partial charge in [-0.1, -0.05) is 11.2 Å². The predicted molar refractivity (Wildman–Crippen MR) is 52.5 cm³/mol. The summed E-state index contributed by atoms with van der Waals surface area (Å²) in [7, 11) is 0. The highest BCUT2D eigenvalue weighted by molar-refractivity contribution is 6.03. The number of hydrogen-bond donors (Lipinski definition) is 1. The van der Waals surface area contributed by atoms with Crippen LogP contribution in [0, 0.1) is 0 Å². The Kier molecular flexibility index (Phi) is 2.15. The fourth-order valence-corrected chi connectivity index (χ4v) is 1.33. The van der Waals surface area contributed by atoms with Crippen molar-refractivity contribution in [2.75, 3.05) is 0 Å². The molecule has 15 heavy (non-hydrogen) atoms. The molecule has 0 saturated carbocycles. The minimum atomic E-state index is -1.26. The lowest BCUT2D eigenvalue weighted by Crippen LogP contribution is -2.35. The number of hydrogen-bond acceptors (Lipinski definition) is 4. The average Bonchev–Trinajstić information content (AvgIpc) is 2.64. The van der Waals surface area contributed by atoms with Gasteiger partial charge in [0.2, 0.25) is 5.60 Å². The van der Waals surface area contributed by atoms with Gasteiger partial charge in [-0.15, -0.1) is 0 Å². The van der Waals surface area contributed by atoms with E-state index in [4.69, 9.17) is 9.94 Å². The van der Waals surface area contributed by atoms with E-state index in [2.05, 4.69) is 10.1 Å². The monoisotopic (exact) mass is 206 g/mol. The topological polar surface area (TPSA) is 71.8 Å². The van der Waals surface area contributed by atoms with Gasteiger partial charge in [-0.25, -0.2) is 4.79 Å². The fourth-order valence-electron chi connectivity index (χ4n) is 1.33. The molecule has 5 nitrogen and oxygen atoms in total. The molecule has 1 aliphatic heterocycles. The molecular formula is C10H10N2O3. The number of pyridine rings is 1. The Balaban J connectivity index is 2.21. The van der Waals surface area contributed by atoms with Crippen LogP contribution in [0.25, 0.3) is 0 Å². The van der Waals surface area contributed by atoms with Gasteiger partial charge in [0.25, 0.3) is 0 Å². The minimum Gasteiger partial charge on any atom is -0.478 e. The molecule has 0 aromatic carbocycles. The summed E-state index contributed by atoms with van der Waals surface area (Å²) in [5.41, 5.74) is -0.0321. The van der Waals surface area contributed by atoms with Crippen LogP contribution in [0.2, 0.25) is 0 Å². The Morgan fingerprint density at radius 2 is 2.40 bits per heavy atom. The van der Waals surface area contributed by atoms with Crippen LogP contribution in [-0.4, -0.2) is 27.4 Å². The smallest absolute Gasteiger partial charge is 0.351 e. The van der Waals surface area contributed by atoms with Crippen molar-refractivity contribution in [2.45, 2.75) is 18.9 Å². The Labute approximate surface area is 86.4 Å². The molecule has 0 amide bonds. The second kappa shape index (κ2) is 3.34. The van der Waals surface area contributed by atoms with Crippen LogP contribution in [0.3, 0.4) is 0 Å². The molecule has 2 heterocycles. The van der Waals surface area contributed by atoms with Crippen LogP contribution in [0.5, 0.6) is 0 Å². The largest absolute Gasteiger partial charge is 0.478 e. The van der Waals surface area contributed by atoms with Gasteiger partial charge in [0.1, 0.15) is 5.71 Å². The average molecular weight is 206 g/mol. The summed E-state index contributed by atoms with van der Waals surface area (Å²) < 4.78 is 0. The summed E-state index contributed by atoms with van der Waals surface area (Å²) in [4.78, 5) is 19.9. The number of nitrogens with zero attached hydrogens (tertiary/aromatic N) is 2. The number of oxime groups is 1. The van der Waals surface area contributed by atoms with Gasteiger partial charge < -0.3 is 9.94 Å². The fraction of sp³-hybridized carbons (Fsp3) is 0.300. The van der Waals surface area contributed by atoms with Gasteiger partial charge in [0.05, 0.1) is 5.69 Å². The van der Waals surface area contributed by atoms with E-state index < -0.39 is 11.6 Å². The summed E-state index contributed by atoms with van der Waals surface area (Å²) in [6.07, 6.45) is 1.87. The van der Waals surface area contributed by atoms with Crippen molar-refractivity contribution in [1.82, 2.24) is 4.98 Å². The lowest BCUT2D eigenvalue weighted by atomic mass is 9.98. The van der Waals surface area contributed by atoms with Crippen molar-refractivity contribution >= 4 is 11.7 Å². The third kappa shape index (κ3) is 1.68. The van der Waals surface area contributed by atoms with Crippen molar-refractivity contribution in [2.24, 2.45) is 5.16 Å². The summed E-state index contributed by atoms with van der Waals surface area (Å²) >= 11 is 0. The summed E-state index contributed by atoms with van der Waals surface area (Å²) in [6.45, 7) is 1.49. The molecule has 0 aliphatic carbocycles. The molecule has 1 aliphatic rings. The van der Waals surface area contributed by atoms with Crippen LogP contribution in [-0.2, 0) is 9.63 Å². The Morgan fingerprint density at radius 3 is 2.93 bits per heavy atom. The van der Waals surface area contributed by atoms with E-state index in [0.29, 0.717) is 11.4 Å². The van der Waals surface area contributed by atoms with Crippen molar-refractivity contribution in [3.8, 4) is 0 Å². The predicted octanol–water partition coefficient (Wildman–Crippen LogP) is 1.05. The quantitative estimate of drug-likeness (QED) is 0.785. The van der Waals surface area contributed by atoms with Crippen LogP contribution in [0.1, 0.15) is 19.0 Å². The number of aromatic nitrogens is 1. The Hall–Kier alpha value is -1.91. The highest BCUT2D eigenvalue weighted by atomic mass is 16.7. The first-order valence-electron chi connectivity index (χ1n) is 4.52. The normalized spacial score (nSPS) is 24.5. The van der Waals surface area contributed by atoms with Crippen molar-refractivity contribution in [1.29, 1.82) is 0 Å². The number of carboxylic acids is 1. The van der Waals surface area contributed by atoms with E-state index in [0.717, 1.165) is 0 Å². The molecular weight excluding hydrogens is 196 g/mol. The molecule has 2 rings (SSSR count). The molecule has 0 spiro atoms. The summed E-state index contributed by atoms with van der Waals surface area (Å²) in [5, 5.41) is 12.7. The van der Waals surface area contributed by atoms with Crippen LogP contribution in [0.15, 0.2) is 29.6 Å². The molecule has 1 aromatic heterocycles. The van der Waals surface area contributed by atoms with E-state index in [-0.39, 0.29) is 6.42 Å². The first-order chi connectivity index (χ1) is 7.12. The van der Waals surface area contributed by atoms with Crippen molar-refractivity contribution < 1.29 is 14.7 Å². The molecule has 0 bridgehead atoms. The van der Waals surface area contributed by atoms with Crippen LogP contribution < -0.4 is 0 Å². The van der Waals surface area contributed by atoms with E-state index in [1.807, 2.05) is 6.07 Å². The molecule has 1 N–H and O–H groups in total. The maximum atomic E-state index is 10.9. The zero-order chi connectivity index (χ0) is 10.9. The van der Waals surface area contributed by atoms with E-state index in [9.17, 15) is 4.79 Å². The summed E-state index contributed by atoms with van der Waals surface area (Å²) in [6, 6.07) is 5.38. The molecule has 1 aromatic rings. The van der Waals surface area contributed by atoms with E-state index in [1.165, 1.54) is 6.92 Å². The van der Waals surface area contributed by atoms with E-state index >= 15 is 0 Å². The summed E-state index contributed by atoms with van der Waals surface area (Å²) in [5.74, 6) is -1.02. The van der Waals surface area contributed by atoms with Gasteiger partial charge in [0, 0.05) is 12.6 Å². The Bertz CT molecular complexity index is 416. The molecule has 78 valence electrons. The SMILES string of the molecule is CC1(C(=O)O)CC(c2ccccn2)=NO1. The van der Waals surface area contributed by atoms with Crippen molar-refractivity contribution in [3.05, 3.63) is 30.1 Å².